The number of likely N-dealkylation sites (tertiary alicyclic amines) is 1. The molecule has 2 heterocycles. The molecule has 0 bridgehead atoms. The Bertz CT molecular complexity index is 961. The van der Waals surface area contributed by atoms with Gasteiger partial charge < -0.3 is 35.0 Å². The molecule has 0 aliphatic carbocycles. The van der Waals surface area contributed by atoms with Gasteiger partial charge in [-0.05, 0) is 43.6 Å². The summed E-state index contributed by atoms with van der Waals surface area (Å²) in [5.41, 5.74) is 5.91. The summed E-state index contributed by atoms with van der Waals surface area (Å²) >= 11 is 12.0. The average molecular weight is 608 g/mol. The molecule has 2 saturated heterocycles. The molecule has 0 spiro atoms. The van der Waals surface area contributed by atoms with Crippen molar-refractivity contribution in [3.63, 3.8) is 0 Å². The van der Waals surface area contributed by atoms with Crippen molar-refractivity contribution in [3.05, 3.63) is 33.8 Å². The molecule has 0 radical (unpaired) electrons. The molecule has 2 aliphatic rings. The number of hydrogen-bond acceptors (Lipinski definition) is 8. The van der Waals surface area contributed by atoms with Crippen LogP contribution >= 0.6 is 23.2 Å². The number of ether oxygens (including phenoxy) is 2. The van der Waals surface area contributed by atoms with Crippen LogP contribution in [0.5, 0.6) is 0 Å². The maximum Gasteiger partial charge on any atom is 0.409 e. The second kappa shape index (κ2) is 19.5. The number of hydrogen-bond donors (Lipinski definition) is 2. The zero-order valence-electron chi connectivity index (χ0n) is 23.0. The van der Waals surface area contributed by atoms with Gasteiger partial charge in [-0.25, -0.2) is 4.79 Å². The van der Waals surface area contributed by atoms with E-state index in [0.717, 1.165) is 32.3 Å². The highest BCUT2D eigenvalue weighted by molar-refractivity contribution is 6.42. The average Bonchev–Trinajstić information content (AvgIpc) is 3.44. The predicted molar refractivity (Wildman–Crippen MR) is 156 cm³/mol. The molecule has 11 nitrogen and oxygen atoms in total. The lowest BCUT2D eigenvalue weighted by Gasteiger charge is -2.42. The van der Waals surface area contributed by atoms with Gasteiger partial charge in [-0.3, -0.25) is 14.4 Å². The first-order valence-electron chi connectivity index (χ1n) is 12.9. The fraction of sp³-hybridized carbons (Fsp3) is 0.630. The van der Waals surface area contributed by atoms with Crippen molar-refractivity contribution in [1.82, 2.24) is 14.7 Å². The normalized spacial score (nSPS) is 17.2. The van der Waals surface area contributed by atoms with Gasteiger partial charge in [-0.15, -0.1) is 0 Å². The first-order valence-corrected chi connectivity index (χ1v) is 13.6. The largest absolute Gasteiger partial charge is 0.481 e. The third-order valence-electron chi connectivity index (χ3n) is 6.14. The lowest BCUT2D eigenvalue weighted by molar-refractivity contribution is -0.147. The number of rotatable bonds is 7. The van der Waals surface area contributed by atoms with Gasteiger partial charge in [0.15, 0.2) is 0 Å². The third kappa shape index (κ3) is 12.3. The summed E-state index contributed by atoms with van der Waals surface area (Å²) in [6.07, 6.45) is 1.91. The van der Waals surface area contributed by atoms with Gasteiger partial charge in [0.25, 0.3) is 0 Å². The lowest BCUT2D eigenvalue weighted by Crippen LogP contribution is -2.59. The van der Waals surface area contributed by atoms with Crippen LogP contribution in [0.4, 0.5) is 4.79 Å². The number of carboxylic acid groups (broad SMARTS) is 1. The zero-order chi connectivity index (χ0) is 29.5. The molecule has 0 aromatic heterocycles. The maximum atomic E-state index is 13.0. The Balaban J connectivity index is 0.000000997. The highest BCUT2D eigenvalue weighted by Crippen LogP contribution is 2.24. The van der Waals surface area contributed by atoms with E-state index in [-0.39, 0.29) is 31.9 Å². The molecule has 228 valence electrons. The smallest absolute Gasteiger partial charge is 0.409 e. The number of carbonyl (C=O) groups is 4. The molecule has 40 heavy (non-hydrogen) atoms. The van der Waals surface area contributed by atoms with Crippen molar-refractivity contribution in [2.24, 2.45) is 5.73 Å². The second-order valence-electron chi connectivity index (χ2n) is 8.82. The molecule has 0 unspecified atom stereocenters. The maximum absolute atomic E-state index is 13.0. The summed E-state index contributed by atoms with van der Waals surface area (Å²) in [6.45, 7) is 8.36. The van der Waals surface area contributed by atoms with Crippen LogP contribution in [0.1, 0.15) is 46.1 Å². The van der Waals surface area contributed by atoms with Crippen LogP contribution in [0, 0.1) is 0 Å². The molecule has 1 aromatic rings. The van der Waals surface area contributed by atoms with Crippen LogP contribution in [0.25, 0.3) is 0 Å². The van der Waals surface area contributed by atoms with Gasteiger partial charge in [-0.1, -0.05) is 50.5 Å². The van der Waals surface area contributed by atoms with E-state index in [1.165, 1.54) is 20.0 Å². The number of carbonyl (C=O) groups excluding carboxylic acids is 3. The van der Waals surface area contributed by atoms with Crippen molar-refractivity contribution >= 4 is 47.1 Å². The van der Waals surface area contributed by atoms with Crippen molar-refractivity contribution in [2.75, 3.05) is 53.5 Å². The number of halogens is 2. The molecule has 3 N–H and O–H groups in total. The fourth-order valence-corrected chi connectivity index (χ4v) is 4.57. The molecule has 2 fully saturated rings. The topological polar surface area (TPSA) is 143 Å². The Morgan fingerprint density at radius 3 is 2.17 bits per heavy atom. The van der Waals surface area contributed by atoms with Crippen molar-refractivity contribution < 1.29 is 33.8 Å². The molecule has 2 atom stereocenters. The first-order chi connectivity index (χ1) is 18.5. The van der Waals surface area contributed by atoms with E-state index in [1.807, 2.05) is 24.8 Å². The van der Waals surface area contributed by atoms with Gasteiger partial charge in [0, 0.05) is 26.2 Å². The molecule has 3 rings (SSSR count). The molecule has 13 heteroatoms. The van der Waals surface area contributed by atoms with E-state index < -0.39 is 24.4 Å². The Labute approximate surface area is 247 Å². The van der Waals surface area contributed by atoms with Crippen molar-refractivity contribution in [1.29, 1.82) is 0 Å². The highest BCUT2D eigenvalue weighted by atomic mass is 35.5. The number of benzene rings is 1. The number of carboxylic acids is 1. The lowest BCUT2D eigenvalue weighted by atomic mass is 10.1. The van der Waals surface area contributed by atoms with E-state index in [4.69, 9.17) is 38.8 Å². The van der Waals surface area contributed by atoms with E-state index in [1.54, 1.807) is 17.0 Å². The number of nitrogens with zero attached hydrogens (tertiary/aromatic N) is 3. The van der Waals surface area contributed by atoms with Crippen LogP contribution in [-0.4, -0.2) is 109 Å². The molecular weight excluding hydrogens is 563 g/mol. The number of aliphatic carboxylic acids is 1. The van der Waals surface area contributed by atoms with Crippen LogP contribution in [0.15, 0.2) is 18.2 Å². The standard InChI is InChI=1S/C19H25Cl2N3O3.C5H9NO4.C2H6.CH4/c1-27-19(26)23-8-9-24(15(13-23)12-22-6-2-3-7-22)18(25)11-14-4-5-16(20)17(21)10-14;1-10-5(9)3(6)2-4(7)8;1-2;/h4-5,10,15H,2-3,6-9,11-13H2,1H3;3H,2,6H2,1H3,(H,7,8);1-2H3;1H4/t15-;3-;;/m11../s1. The number of esters is 1. The van der Waals surface area contributed by atoms with Crippen molar-refractivity contribution in [2.45, 2.75) is 59.0 Å². The van der Waals surface area contributed by atoms with Gasteiger partial charge in [0.05, 0.1) is 43.1 Å². The summed E-state index contributed by atoms with van der Waals surface area (Å²) in [7, 11) is 2.55. The Morgan fingerprint density at radius 2 is 1.65 bits per heavy atom. The van der Waals surface area contributed by atoms with Gasteiger partial charge in [0.1, 0.15) is 6.04 Å². The van der Waals surface area contributed by atoms with Crippen LogP contribution in [0.3, 0.4) is 0 Å². The SMILES string of the molecule is C.CC.COC(=O)N1CCN(C(=O)Cc2ccc(Cl)c(Cl)c2)[C@H](CN2CCCC2)C1.COC(=O)[C@H](N)CC(=O)O. The van der Waals surface area contributed by atoms with Crippen LogP contribution in [-0.2, 0) is 30.3 Å². The second-order valence-corrected chi connectivity index (χ2v) is 9.63. The number of nitrogens with two attached hydrogens (primary N) is 1. The summed E-state index contributed by atoms with van der Waals surface area (Å²) in [5.74, 6) is -1.78. The quantitative estimate of drug-likeness (QED) is 0.445. The van der Waals surface area contributed by atoms with Crippen LogP contribution < -0.4 is 5.73 Å². The predicted octanol–water partition coefficient (Wildman–Crippen LogP) is 3.53. The minimum Gasteiger partial charge on any atom is -0.481 e. The minimum absolute atomic E-state index is 0. The van der Waals surface area contributed by atoms with Gasteiger partial charge in [-0.2, -0.15) is 0 Å². The zero-order valence-corrected chi connectivity index (χ0v) is 24.5. The Morgan fingerprint density at radius 1 is 1.02 bits per heavy atom. The first kappa shape index (κ1) is 37.4. The summed E-state index contributed by atoms with van der Waals surface area (Å²) < 4.78 is 9.05. The molecule has 0 saturated carbocycles. The minimum atomic E-state index is -1.11. The Hall–Kier alpha value is -2.60. The summed E-state index contributed by atoms with van der Waals surface area (Å²) in [6, 6.07) is 4.19. The monoisotopic (exact) mass is 606 g/mol. The number of amides is 2. The molecule has 2 aliphatic heterocycles. The van der Waals surface area contributed by atoms with E-state index in [2.05, 4.69) is 9.64 Å². The molecular formula is C27H44Cl2N4O7. The van der Waals surface area contributed by atoms with E-state index >= 15 is 0 Å². The van der Waals surface area contributed by atoms with Crippen molar-refractivity contribution in [3.8, 4) is 0 Å². The Kier molecular flexibility index (Phi) is 18.2. The van der Waals surface area contributed by atoms with E-state index in [9.17, 15) is 19.2 Å². The summed E-state index contributed by atoms with van der Waals surface area (Å²) in [5, 5.41) is 9.07. The summed E-state index contributed by atoms with van der Waals surface area (Å²) in [4.78, 5) is 51.3. The fourth-order valence-electron chi connectivity index (χ4n) is 4.25. The number of piperazine rings is 1. The number of methoxy groups -OCH3 is 2. The van der Waals surface area contributed by atoms with Crippen LogP contribution in [0.2, 0.25) is 10.0 Å². The molecule has 1 aromatic carbocycles. The van der Waals surface area contributed by atoms with Gasteiger partial charge >= 0.3 is 18.0 Å². The van der Waals surface area contributed by atoms with Gasteiger partial charge in [0.2, 0.25) is 5.91 Å². The highest BCUT2D eigenvalue weighted by Gasteiger charge is 2.34. The van der Waals surface area contributed by atoms with E-state index in [0.29, 0.717) is 29.7 Å². The third-order valence-corrected chi connectivity index (χ3v) is 6.88. The molecule has 2 amide bonds.